The molecule has 1 aromatic heterocycles. The fourth-order valence-corrected chi connectivity index (χ4v) is 5.76. The number of piperidine rings is 1. The van der Waals surface area contributed by atoms with Gasteiger partial charge in [0.15, 0.2) is 0 Å². The first-order valence-electron chi connectivity index (χ1n) is 11.1. The van der Waals surface area contributed by atoms with Crippen LogP contribution in [0.5, 0.6) is 5.75 Å². The number of nitrogens with zero attached hydrogens (tertiary/aromatic N) is 4. The van der Waals surface area contributed by atoms with Crippen molar-refractivity contribution in [1.82, 2.24) is 14.5 Å². The molecule has 2 saturated heterocycles. The SMILES string of the molecule is CC1(C)Oc2ccc(Cl)cc2C2OCC3(CCN(CCn4ccnc4C#N)CC3)CC21. The summed E-state index contributed by atoms with van der Waals surface area (Å²) >= 11 is 6.28. The predicted octanol–water partition coefficient (Wildman–Crippen LogP) is 4.44. The molecule has 0 saturated carbocycles. The molecule has 2 fully saturated rings. The first kappa shape index (κ1) is 20.8. The van der Waals surface area contributed by atoms with Crippen LogP contribution in [0.4, 0.5) is 0 Å². The third kappa shape index (κ3) is 3.84. The number of aromatic nitrogens is 2. The van der Waals surface area contributed by atoms with Gasteiger partial charge >= 0.3 is 0 Å². The molecule has 164 valence electrons. The van der Waals surface area contributed by atoms with E-state index in [1.807, 2.05) is 29.0 Å². The maximum absolute atomic E-state index is 9.15. The average Bonchev–Trinajstić information content (AvgIpc) is 3.22. The number of rotatable bonds is 3. The number of hydrogen-bond acceptors (Lipinski definition) is 5. The molecule has 3 aliphatic heterocycles. The monoisotopic (exact) mass is 440 g/mol. The molecular formula is C24H29ClN4O2. The number of imidazole rings is 1. The molecule has 2 unspecified atom stereocenters. The van der Waals surface area contributed by atoms with Gasteiger partial charge in [0.05, 0.1) is 12.7 Å². The molecule has 3 aliphatic rings. The minimum atomic E-state index is -0.273. The maximum atomic E-state index is 9.15. The van der Waals surface area contributed by atoms with Crippen molar-refractivity contribution in [2.75, 3.05) is 26.2 Å². The van der Waals surface area contributed by atoms with Crippen LogP contribution in [0.2, 0.25) is 5.02 Å². The summed E-state index contributed by atoms with van der Waals surface area (Å²) in [6.45, 7) is 9.03. The standard InChI is InChI=1S/C24H29ClN4O2/c1-23(2)19-14-24(16-30-22(19)18-13-17(25)3-4-20(18)31-23)5-8-28(9-6-24)11-12-29-10-7-27-21(29)15-26/h3-4,7,10,13,19,22H,5-6,8-9,11-12,14,16H2,1-2H3. The van der Waals surface area contributed by atoms with Crippen molar-refractivity contribution in [2.24, 2.45) is 11.3 Å². The number of ether oxygens (including phenoxy) is 2. The summed E-state index contributed by atoms with van der Waals surface area (Å²) in [5, 5.41) is 9.88. The van der Waals surface area contributed by atoms with Gasteiger partial charge in [-0.05, 0) is 69.8 Å². The topological polar surface area (TPSA) is 63.3 Å². The van der Waals surface area contributed by atoms with E-state index in [0.29, 0.717) is 11.7 Å². The average molecular weight is 441 g/mol. The van der Waals surface area contributed by atoms with Crippen molar-refractivity contribution in [3.8, 4) is 11.8 Å². The van der Waals surface area contributed by atoms with Crippen molar-refractivity contribution in [3.63, 3.8) is 0 Å². The van der Waals surface area contributed by atoms with E-state index < -0.39 is 0 Å². The van der Waals surface area contributed by atoms with E-state index in [4.69, 9.17) is 26.3 Å². The molecule has 4 heterocycles. The molecule has 0 amide bonds. The van der Waals surface area contributed by atoms with Gasteiger partial charge in [0.1, 0.15) is 17.4 Å². The molecule has 6 nitrogen and oxygen atoms in total. The van der Waals surface area contributed by atoms with Crippen LogP contribution < -0.4 is 4.74 Å². The van der Waals surface area contributed by atoms with Gasteiger partial charge in [-0.15, -0.1) is 0 Å². The van der Waals surface area contributed by atoms with Gasteiger partial charge in [-0.1, -0.05) is 11.6 Å². The summed E-state index contributed by atoms with van der Waals surface area (Å²) in [7, 11) is 0. The molecule has 2 aromatic rings. The van der Waals surface area contributed by atoms with E-state index in [-0.39, 0.29) is 17.1 Å². The predicted molar refractivity (Wildman–Crippen MR) is 118 cm³/mol. The third-order valence-electron chi connectivity index (χ3n) is 7.52. The molecule has 1 spiro atoms. The summed E-state index contributed by atoms with van der Waals surface area (Å²) in [4.78, 5) is 6.58. The minimum absolute atomic E-state index is 0.0479. The molecular weight excluding hydrogens is 412 g/mol. The Kier molecular flexibility index (Phi) is 5.24. The number of halogens is 1. The van der Waals surface area contributed by atoms with E-state index >= 15 is 0 Å². The summed E-state index contributed by atoms with van der Waals surface area (Å²) < 4.78 is 14.9. The molecule has 0 N–H and O–H groups in total. The lowest BCUT2D eigenvalue weighted by Crippen LogP contribution is -2.54. The smallest absolute Gasteiger partial charge is 0.212 e. The zero-order chi connectivity index (χ0) is 21.6. The zero-order valence-corrected chi connectivity index (χ0v) is 18.9. The summed E-state index contributed by atoms with van der Waals surface area (Å²) in [6.07, 6.45) is 7.00. The van der Waals surface area contributed by atoms with Crippen LogP contribution in [0, 0.1) is 22.7 Å². The second-order valence-electron chi connectivity index (χ2n) is 9.83. The van der Waals surface area contributed by atoms with Crippen molar-refractivity contribution in [2.45, 2.75) is 51.4 Å². The first-order valence-corrected chi connectivity index (χ1v) is 11.5. The lowest BCUT2D eigenvalue weighted by molar-refractivity contribution is -0.174. The van der Waals surface area contributed by atoms with E-state index in [1.165, 1.54) is 0 Å². The second-order valence-corrected chi connectivity index (χ2v) is 10.3. The largest absolute Gasteiger partial charge is 0.487 e. The Morgan fingerprint density at radius 3 is 2.84 bits per heavy atom. The van der Waals surface area contributed by atoms with Crippen LogP contribution in [0.15, 0.2) is 30.6 Å². The maximum Gasteiger partial charge on any atom is 0.212 e. The zero-order valence-electron chi connectivity index (χ0n) is 18.2. The van der Waals surface area contributed by atoms with Crippen LogP contribution in [-0.4, -0.2) is 46.3 Å². The van der Waals surface area contributed by atoms with E-state index in [1.54, 1.807) is 6.20 Å². The van der Waals surface area contributed by atoms with Gasteiger partial charge in [0, 0.05) is 42.0 Å². The molecule has 0 radical (unpaired) electrons. The van der Waals surface area contributed by atoms with Crippen molar-refractivity contribution in [3.05, 3.63) is 47.0 Å². The normalized spacial score (nSPS) is 26.5. The summed E-state index contributed by atoms with van der Waals surface area (Å²) in [5.74, 6) is 1.70. The van der Waals surface area contributed by atoms with Crippen molar-refractivity contribution >= 4 is 11.6 Å². The molecule has 0 aliphatic carbocycles. The highest BCUT2D eigenvalue weighted by Crippen LogP contribution is 2.55. The number of nitriles is 1. The van der Waals surface area contributed by atoms with Crippen molar-refractivity contribution < 1.29 is 9.47 Å². The van der Waals surface area contributed by atoms with Crippen LogP contribution in [-0.2, 0) is 11.3 Å². The van der Waals surface area contributed by atoms with Crippen LogP contribution in [0.3, 0.4) is 0 Å². The molecule has 2 atom stereocenters. The van der Waals surface area contributed by atoms with Crippen molar-refractivity contribution in [1.29, 1.82) is 5.26 Å². The minimum Gasteiger partial charge on any atom is -0.487 e. The molecule has 0 bridgehead atoms. The summed E-state index contributed by atoms with van der Waals surface area (Å²) in [6, 6.07) is 8.02. The first-order chi connectivity index (χ1) is 14.9. The van der Waals surface area contributed by atoms with Gasteiger partial charge < -0.3 is 18.9 Å². The second kappa shape index (κ2) is 7.81. The lowest BCUT2D eigenvalue weighted by Gasteiger charge is -2.54. The van der Waals surface area contributed by atoms with Crippen LogP contribution in [0.25, 0.3) is 0 Å². The number of hydrogen-bond donors (Lipinski definition) is 0. The number of fused-ring (bicyclic) bond motifs is 3. The highest BCUT2D eigenvalue weighted by molar-refractivity contribution is 6.30. The molecule has 1 aromatic carbocycles. The third-order valence-corrected chi connectivity index (χ3v) is 7.76. The number of benzene rings is 1. The van der Waals surface area contributed by atoms with Gasteiger partial charge in [0.2, 0.25) is 5.82 Å². The van der Waals surface area contributed by atoms with E-state index in [9.17, 15) is 0 Å². The molecule has 5 rings (SSSR count). The summed E-state index contributed by atoms with van der Waals surface area (Å²) in [5.41, 5.74) is 1.03. The Hall–Kier alpha value is -2.07. The fourth-order valence-electron chi connectivity index (χ4n) is 5.58. The highest BCUT2D eigenvalue weighted by Gasteiger charge is 2.52. The Balaban J connectivity index is 1.25. The van der Waals surface area contributed by atoms with Gasteiger partial charge in [-0.25, -0.2) is 4.98 Å². The Morgan fingerprint density at radius 2 is 2.06 bits per heavy atom. The molecule has 31 heavy (non-hydrogen) atoms. The molecule has 7 heteroatoms. The van der Waals surface area contributed by atoms with Gasteiger partial charge in [-0.2, -0.15) is 5.26 Å². The van der Waals surface area contributed by atoms with Crippen LogP contribution in [0.1, 0.15) is 50.6 Å². The Bertz CT molecular complexity index is 1000. The van der Waals surface area contributed by atoms with E-state index in [0.717, 1.165) is 68.4 Å². The Morgan fingerprint density at radius 1 is 1.26 bits per heavy atom. The fraction of sp³-hybridized carbons (Fsp3) is 0.583. The lowest BCUT2D eigenvalue weighted by atomic mass is 9.64. The van der Waals surface area contributed by atoms with Crippen LogP contribution >= 0.6 is 11.6 Å². The van der Waals surface area contributed by atoms with E-state index in [2.05, 4.69) is 29.8 Å². The number of likely N-dealkylation sites (tertiary alicyclic amines) is 1. The Labute approximate surface area is 188 Å². The highest BCUT2D eigenvalue weighted by atomic mass is 35.5. The van der Waals surface area contributed by atoms with Gasteiger partial charge in [-0.3, -0.25) is 0 Å². The quantitative estimate of drug-likeness (QED) is 0.706. The van der Waals surface area contributed by atoms with Gasteiger partial charge in [0.25, 0.3) is 0 Å².